The maximum atomic E-state index is 12.7. The fraction of sp³-hybridized carbons (Fsp3) is 0.158. The van der Waals surface area contributed by atoms with Gasteiger partial charge in [0.1, 0.15) is 5.82 Å². The van der Waals surface area contributed by atoms with Crippen LogP contribution in [0, 0.1) is 13.8 Å². The van der Waals surface area contributed by atoms with Crippen molar-refractivity contribution < 1.29 is 13.2 Å². The topological polar surface area (TPSA) is 63.6 Å². The number of nitrogens with one attached hydrogen (secondary N) is 1. The molecule has 0 aliphatic carbocycles. The van der Waals surface area contributed by atoms with Gasteiger partial charge in [-0.3, -0.25) is 0 Å². The van der Waals surface area contributed by atoms with Gasteiger partial charge in [0, 0.05) is 17.8 Å². The van der Waals surface area contributed by atoms with Gasteiger partial charge in [0.05, 0.1) is 32.5 Å². The van der Waals surface area contributed by atoms with E-state index in [1.165, 1.54) is 6.07 Å². The summed E-state index contributed by atoms with van der Waals surface area (Å²) in [6.07, 6.45) is -2.02. The molecule has 0 amide bonds. The molecule has 4 heterocycles. The van der Waals surface area contributed by atoms with E-state index in [1.54, 1.807) is 23.6 Å². The van der Waals surface area contributed by atoms with Crippen LogP contribution in [0.3, 0.4) is 0 Å². The van der Waals surface area contributed by atoms with Crippen LogP contribution >= 0.6 is 11.3 Å². The van der Waals surface area contributed by atoms with Gasteiger partial charge in [-0.1, -0.05) is 0 Å². The molecule has 142 valence electrons. The zero-order valence-electron chi connectivity index (χ0n) is 14.9. The van der Waals surface area contributed by atoms with Crippen molar-refractivity contribution in [2.24, 2.45) is 0 Å². The summed E-state index contributed by atoms with van der Waals surface area (Å²) >= 11 is 1.57. The number of pyridine rings is 3. The van der Waals surface area contributed by atoms with E-state index in [4.69, 9.17) is 0 Å². The van der Waals surface area contributed by atoms with E-state index in [9.17, 15) is 13.2 Å². The Kier molecular flexibility index (Phi) is 4.46. The van der Waals surface area contributed by atoms with Crippen molar-refractivity contribution in [3.05, 3.63) is 59.0 Å². The molecule has 4 aromatic heterocycles. The number of hydrogen-bond donors (Lipinski definition) is 1. The monoisotopic (exact) mass is 401 g/mol. The van der Waals surface area contributed by atoms with Crippen molar-refractivity contribution in [3.8, 4) is 10.6 Å². The third-order valence-electron chi connectivity index (χ3n) is 4.09. The van der Waals surface area contributed by atoms with Crippen molar-refractivity contribution in [3.63, 3.8) is 0 Å². The van der Waals surface area contributed by atoms with E-state index in [0.29, 0.717) is 17.2 Å². The first-order valence-electron chi connectivity index (χ1n) is 8.32. The zero-order valence-corrected chi connectivity index (χ0v) is 15.7. The maximum absolute atomic E-state index is 12.7. The lowest BCUT2D eigenvalue weighted by atomic mass is 10.2. The molecule has 0 fully saturated rings. The van der Waals surface area contributed by atoms with Crippen LogP contribution in [0.1, 0.15) is 16.3 Å². The van der Waals surface area contributed by atoms with Gasteiger partial charge >= 0.3 is 6.18 Å². The minimum atomic E-state index is -4.41. The molecule has 0 unspecified atom stereocenters. The molecule has 0 atom stereocenters. The van der Waals surface area contributed by atoms with Crippen LogP contribution in [0.15, 0.2) is 42.7 Å². The second kappa shape index (κ2) is 6.83. The predicted octanol–water partition coefficient (Wildman–Crippen LogP) is 5.53. The Hall–Kier alpha value is -3.07. The normalized spacial score (nSPS) is 11.8. The fourth-order valence-electron chi connectivity index (χ4n) is 2.81. The molecule has 0 saturated heterocycles. The summed E-state index contributed by atoms with van der Waals surface area (Å²) < 4.78 is 38.0. The van der Waals surface area contributed by atoms with Gasteiger partial charge < -0.3 is 5.32 Å². The number of thiazole rings is 1. The van der Waals surface area contributed by atoms with E-state index in [0.717, 1.165) is 38.9 Å². The number of alkyl halides is 3. The zero-order chi connectivity index (χ0) is 19.9. The summed E-state index contributed by atoms with van der Waals surface area (Å²) in [5, 5.41) is 4.74. The molecule has 4 aromatic rings. The van der Waals surface area contributed by atoms with Gasteiger partial charge in [-0.15, -0.1) is 11.3 Å². The van der Waals surface area contributed by atoms with E-state index < -0.39 is 11.7 Å². The van der Waals surface area contributed by atoms with Crippen molar-refractivity contribution >= 4 is 33.9 Å². The highest BCUT2D eigenvalue weighted by Crippen LogP contribution is 2.32. The van der Waals surface area contributed by atoms with Crippen molar-refractivity contribution in [1.82, 2.24) is 19.9 Å². The summed E-state index contributed by atoms with van der Waals surface area (Å²) in [6.45, 7) is 3.88. The molecule has 5 nitrogen and oxygen atoms in total. The van der Waals surface area contributed by atoms with Crippen molar-refractivity contribution in [1.29, 1.82) is 0 Å². The number of rotatable bonds is 3. The number of anilines is 2. The predicted molar refractivity (Wildman–Crippen MR) is 103 cm³/mol. The summed E-state index contributed by atoms with van der Waals surface area (Å²) in [7, 11) is 0. The van der Waals surface area contributed by atoms with Crippen LogP contribution in [0.5, 0.6) is 0 Å². The van der Waals surface area contributed by atoms with Crippen LogP contribution in [0.2, 0.25) is 0 Å². The molecule has 0 saturated carbocycles. The molecule has 9 heteroatoms. The summed E-state index contributed by atoms with van der Waals surface area (Å²) in [4.78, 5) is 18.2. The number of halogens is 3. The van der Waals surface area contributed by atoms with Gasteiger partial charge in [-0.2, -0.15) is 13.2 Å². The highest BCUT2D eigenvalue weighted by atomic mass is 32.1. The smallest absolute Gasteiger partial charge is 0.340 e. The molecule has 4 rings (SSSR count). The minimum Gasteiger partial charge on any atom is -0.340 e. The average Bonchev–Trinajstić information content (AvgIpc) is 2.99. The minimum absolute atomic E-state index is 0.304. The van der Waals surface area contributed by atoms with Crippen molar-refractivity contribution in [2.45, 2.75) is 20.0 Å². The first-order chi connectivity index (χ1) is 13.3. The molecule has 28 heavy (non-hydrogen) atoms. The van der Waals surface area contributed by atoms with E-state index in [2.05, 4.69) is 25.3 Å². The Morgan fingerprint density at radius 2 is 1.79 bits per heavy atom. The van der Waals surface area contributed by atoms with Crippen LogP contribution in [0.4, 0.5) is 24.7 Å². The van der Waals surface area contributed by atoms with Crippen LogP contribution < -0.4 is 5.32 Å². The van der Waals surface area contributed by atoms with E-state index in [1.807, 2.05) is 26.0 Å². The fourth-order valence-corrected chi connectivity index (χ4v) is 3.70. The van der Waals surface area contributed by atoms with E-state index in [-0.39, 0.29) is 0 Å². The highest BCUT2D eigenvalue weighted by molar-refractivity contribution is 7.15. The molecule has 0 radical (unpaired) electrons. The van der Waals surface area contributed by atoms with Gasteiger partial charge in [-0.05, 0) is 44.2 Å². The second-order valence-electron chi connectivity index (χ2n) is 6.13. The van der Waals surface area contributed by atoms with Gasteiger partial charge in [0.2, 0.25) is 0 Å². The third-order valence-corrected chi connectivity index (χ3v) is 5.19. The Labute approximate surface area is 162 Å². The largest absolute Gasteiger partial charge is 0.417 e. The Morgan fingerprint density at radius 3 is 2.43 bits per heavy atom. The number of aryl methyl sites for hydroxylation is 2. The SMILES string of the molecule is Cc1nc(C)c(-c2ccc3c(Nc4ccc(C(F)(F)F)cn4)ccnc3n2)s1. The molecule has 0 spiro atoms. The summed E-state index contributed by atoms with van der Waals surface area (Å²) in [5.74, 6) is 0.304. The molecule has 0 aliphatic heterocycles. The Morgan fingerprint density at radius 1 is 0.964 bits per heavy atom. The molecule has 0 aliphatic rings. The average molecular weight is 401 g/mol. The Bertz CT molecular complexity index is 1150. The second-order valence-corrected chi connectivity index (χ2v) is 7.33. The highest BCUT2D eigenvalue weighted by Gasteiger charge is 2.30. The van der Waals surface area contributed by atoms with Crippen LogP contribution in [-0.4, -0.2) is 19.9 Å². The quantitative estimate of drug-likeness (QED) is 0.489. The maximum Gasteiger partial charge on any atom is 0.417 e. The summed E-state index contributed by atoms with van der Waals surface area (Å²) in [6, 6.07) is 7.77. The molecule has 1 N–H and O–H groups in total. The Balaban J connectivity index is 1.68. The standard InChI is InChI=1S/C19H14F3N5S/c1-10-17(28-11(2)25-10)15-5-4-13-14(7-8-23-18(13)27-15)26-16-6-3-12(9-24-16)19(20,21)22/h3-9H,1-2H3,(H,23,24,26,27). The van der Waals surface area contributed by atoms with Crippen LogP contribution in [-0.2, 0) is 6.18 Å². The summed E-state index contributed by atoms with van der Waals surface area (Å²) in [5.41, 5.74) is 2.10. The number of nitrogens with zero attached hydrogens (tertiary/aromatic N) is 4. The lowest BCUT2D eigenvalue weighted by Gasteiger charge is -2.10. The van der Waals surface area contributed by atoms with E-state index >= 15 is 0 Å². The number of fused-ring (bicyclic) bond motifs is 1. The lowest BCUT2D eigenvalue weighted by Crippen LogP contribution is -2.06. The third kappa shape index (κ3) is 3.53. The molecular formula is C19H14F3N5S. The van der Waals surface area contributed by atoms with Gasteiger partial charge in [0.25, 0.3) is 0 Å². The first-order valence-corrected chi connectivity index (χ1v) is 9.13. The molecule has 0 bridgehead atoms. The molecule has 0 aromatic carbocycles. The number of aromatic nitrogens is 4. The van der Waals surface area contributed by atoms with Crippen molar-refractivity contribution in [2.75, 3.05) is 5.32 Å². The first kappa shape index (κ1) is 18.3. The lowest BCUT2D eigenvalue weighted by molar-refractivity contribution is -0.137. The number of hydrogen-bond acceptors (Lipinski definition) is 6. The van der Waals surface area contributed by atoms with Gasteiger partial charge in [0.15, 0.2) is 5.65 Å². The van der Waals surface area contributed by atoms with Crippen LogP contribution in [0.25, 0.3) is 21.6 Å². The van der Waals surface area contributed by atoms with Gasteiger partial charge in [-0.25, -0.2) is 19.9 Å². The molecular weight excluding hydrogens is 387 g/mol.